The Morgan fingerprint density at radius 1 is 1.03 bits per heavy atom. The van der Waals surface area contributed by atoms with Crippen molar-refractivity contribution < 1.29 is 9.90 Å². The van der Waals surface area contributed by atoms with Gasteiger partial charge in [-0.1, -0.05) is 6.07 Å². The Morgan fingerprint density at radius 3 is 2.50 bits per heavy atom. The Morgan fingerprint density at radius 2 is 1.77 bits per heavy atom. The lowest BCUT2D eigenvalue weighted by Gasteiger charge is -2.16. The predicted molar refractivity (Wildman–Crippen MR) is 119 cm³/mol. The number of carbonyl (C=O) groups is 1. The summed E-state index contributed by atoms with van der Waals surface area (Å²) in [5.41, 5.74) is 4.83. The maximum atomic E-state index is 13.6. The number of rotatable bonds is 6. The first-order chi connectivity index (χ1) is 14.4. The van der Waals surface area contributed by atoms with Crippen LogP contribution in [0.4, 0.5) is 0 Å². The second-order valence-electron chi connectivity index (χ2n) is 8.40. The average Bonchev–Trinajstić information content (AvgIpc) is 3.27. The van der Waals surface area contributed by atoms with Gasteiger partial charge < -0.3 is 19.9 Å². The van der Waals surface area contributed by atoms with E-state index in [1.54, 1.807) is 12.1 Å². The number of hydrogen-bond acceptors (Lipinski definition) is 5. The molecule has 30 heavy (non-hydrogen) atoms. The van der Waals surface area contributed by atoms with Gasteiger partial charge in [0.25, 0.3) is 0 Å². The molecule has 2 heterocycles. The normalized spacial score (nSPS) is 17.7. The molecular weight excluding hydrogens is 376 g/mol. The number of ketones is 1. The molecule has 2 aliphatic rings. The number of aromatic hydroxyl groups is 1. The first-order valence-electron chi connectivity index (χ1n) is 10.2. The van der Waals surface area contributed by atoms with Crippen LogP contribution in [0.15, 0.2) is 46.7 Å². The summed E-state index contributed by atoms with van der Waals surface area (Å²) in [6.07, 6.45) is 7.26. The number of nitrogens with one attached hydrogen (secondary N) is 1. The number of fused-ring (bicyclic) bond motifs is 2. The van der Waals surface area contributed by atoms with E-state index < -0.39 is 0 Å². The third-order valence-corrected chi connectivity index (χ3v) is 5.61. The van der Waals surface area contributed by atoms with Crippen molar-refractivity contribution in [1.82, 2.24) is 14.8 Å². The molecule has 0 bridgehead atoms. The quantitative estimate of drug-likeness (QED) is 0.720. The molecule has 0 spiro atoms. The highest BCUT2D eigenvalue weighted by molar-refractivity contribution is 6.17. The second-order valence-corrected chi connectivity index (χ2v) is 8.40. The smallest absolute Gasteiger partial charge is 0.197 e. The zero-order chi connectivity index (χ0) is 21.4. The summed E-state index contributed by atoms with van der Waals surface area (Å²) in [5.74, 6) is 0.206. The van der Waals surface area contributed by atoms with Crippen LogP contribution in [0, 0.1) is 0 Å². The molecule has 0 unspecified atom stereocenters. The number of phenolic OH excluding ortho intramolecular Hbond substituents is 1. The molecule has 1 aliphatic heterocycles. The Bertz CT molecular complexity index is 1180. The molecule has 0 saturated carbocycles. The second kappa shape index (κ2) is 8.05. The van der Waals surface area contributed by atoms with Gasteiger partial charge in [-0.2, -0.15) is 0 Å². The lowest BCUT2D eigenvalue weighted by molar-refractivity contribution is 0.103. The number of aromatic amines is 1. The SMILES string of the molecule is CN(C)CCC1=c2c(O)cccc2=NC1=C1C=Cc2[nH]cc(CCN(C)C)c2C1=O. The van der Waals surface area contributed by atoms with Crippen molar-refractivity contribution in [2.24, 2.45) is 4.99 Å². The van der Waals surface area contributed by atoms with Gasteiger partial charge in [-0.05, 0) is 76.5 Å². The number of allylic oxidation sites excluding steroid dienone is 3. The van der Waals surface area contributed by atoms with Crippen molar-refractivity contribution >= 4 is 17.4 Å². The number of H-pyrrole nitrogens is 1. The van der Waals surface area contributed by atoms with E-state index >= 15 is 0 Å². The average molecular weight is 405 g/mol. The number of phenols is 1. The predicted octanol–water partition coefficient (Wildman–Crippen LogP) is 1.72. The number of hydrogen-bond donors (Lipinski definition) is 2. The third-order valence-electron chi connectivity index (χ3n) is 5.61. The molecule has 0 radical (unpaired) electrons. The lowest BCUT2D eigenvalue weighted by atomic mass is 9.90. The van der Waals surface area contributed by atoms with Crippen LogP contribution in [0.1, 0.15) is 28.0 Å². The van der Waals surface area contributed by atoms with Crippen LogP contribution in [0.25, 0.3) is 11.6 Å². The maximum absolute atomic E-state index is 13.6. The summed E-state index contributed by atoms with van der Waals surface area (Å²) in [7, 11) is 8.09. The minimum Gasteiger partial charge on any atom is -0.507 e. The largest absolute Gasteiger partial charge is 0.507 e. The molecule has 156 valence electrons. The molecule has 0 atom stereocenters. The molecule has 2 aromatic rings. The van der Waals surface area contributed by atoms with E-state index in [1.807, 2.05) is 52.6 Å². The summed E-state index contributed by atoms with van der Waals surface area (Å²) in [6, 6.07) is 5.36. The van der Waals surface area contributed by atoms with E-state index in [1.165, 1.54) is 0 Å². The van der Waals surface area contributed by atoms with Crippen molar-refractivity contribution in [2.45, 2.75) is 12.8 Å². The van der Waals surface area contributed by atoms with E-state index in [9.17, 15) is 9.90 Å². The molecule has 1 aromatic carbocycles. The fourth-order valence-electron chi connectivity index (χ4n) is 4.03. The first kappa shape index (κ1) is 20.3. The van der Waals surface area contributed by atoms with Gasteiger partial charge in [0, 0.05) is 35.8 Å². The highest BCUT2D eigenvalue weighted by atomic mass is 16.3. The Labute approximate surface area is 176 Å². The van der Waals surface area contributed by atoms with Crippen molar-refractivity contribution in [1.29, 1.82) is 0 Å². The van der Waals surface area contributed by atoms with Gasteiger partial charge in [0.1, 0.15) is 5.75 Å². The Kier molecular flexibility index (Phi) is 5.45. The zero-order valence-electron chi connectivity index (χ0n) is 18.0. The van der Waals surface area contributed by atoms with Gasteiger partial charge in [0.2, 0.25) is 0 Å². The van der Waals surface area contributed by atoms with Crippen LogP contribution < -0.4 is 10.6 Å². The molecule has 0 saturated heterocycles. The highest BCUT2D eigenvalue weighted by Gasteiger charge is 2.28. The monoisotopic (exact) mass is 404 g/mol. The summed E-state index contributed by atoms with van der Waals surface area (Å²) in [4.78, 5) is 25.8. The van der Waals surface area contributed by atoms with E-state index in [2.05, 4.69) is 14.8 Å². The van der Waals surface area contributed by atoms with Crippen molar-refractivity contribution in [3.05, 3.63) is 69.1 Å². The Hall–Kier alpha value is -2.96. The number of Topliss-reactive ketones (excluding diaryl/α,β-unsaturated/α-hetero) is 1. The van der Waals surface area contributed by atoms with Crippen molar-refractivity contribution in [2.75, 3.05) is 41.3 Å². The third kappa shape index (κ3) is 3.64. The molecule has 0 fully saturated rings. The first-order valence-corrected chi connectivity index (χ1v) is 10.2. The number of carbonyl (C=O) groups excluding carboxylic acids is 1. The van der Waals surface area contributed by atoms with Crippen LogP contribution in [0.5, 0.6) is 5.75 Å². The summed E-state index contributed by atoms with van der Waals surface area (Å²) < 4.78 is 0. The molecule has 2 N–H and O–H groups in total. The summed E-state index contributed by atoms with van der Waals surface area (Å²) >= 11 is 0. The molecular formula is C24H28N4O2. The van der Waals surface area contributed by atoms with E-state index in [0.29, 0.717) is 17.7 Å². The molecule has 1 aromatic heterocycles. The van der Waals surface area contributed by atoms with Gasteiger partial charge in [-0.25, -0.2) is 4.99 Å². The van der Waals surface area contributed by atoms with Gasteiger partial charge in [-0.15, -0.1) is 0 Å². The minimum atomic E-state index is -0.00379. The molecule has 0 amide bonds. The molecule has 1 aliphatic carbocycles. The number of likely N-dealkylation sites (N-methyl/N-ethyl adjacent to an activating group) is 1. The van der Waals surface area contributed by atoms with Gasteiger partial charge in [0.05, 0.1) is 16.6 Å². The van der Waals surface area contributed by atoms with Gasteiger partial charge in [-0.3, -0.25) is 4.79 Å². The number of nitrogens with zero attached hydrogens (tertiary/aromatic N) is 3. The number of aromatic nitrogens is 1. The fraction of sp³-hybridized carbons (Fsp3) is 0.333. The maximum Gasteiger partial charge on any atom is 0.197 e. The van der Waals surface area contributed by atoms with Crippen LogP contribution in [0.3, 0.4) is 0 Å². The summed E-state index contributed by atoms with van der Waals surface area (Å²) in [6.45, 7) is 1.67. The molecule has 4 rings (SSSR count). The standard InChI is InChI=1S/C24H28N4O2/c1-27(2)12-10-15-14-25-18-9-8-17(24(30)21(15)18)23-16(11-13-28(3)4)22-19(26-23)6-5-7-20(22)29/h5-9,14,25,29H,10-13H2,1-4H3. The zero-order valence-corrected chi connectivity index (χ0v) is 18.0. The summed E-state index contributed by atoms with van der Waals surface area (Å²) in [5, 5.41) is 12.0. The number of benzene rings is 1. The Balaban J connectivity index is 1.83. The van der Waals surface area contributed by atoms with Crippen LogP contribution >= 0.6 is 0 Å². The van der Waals surface area contributed by atoms with E-state index in [0.717, 1.165) is 52.5 Å². The van der Waals surface area contributed by atoms with Crippen molar-refractivity contribution in [3.8, 4) is 5.75 Å². The van der Waals surface area contributed by atoms with Crippen LogP contribution in [-0.2, 0) is 6.42 Å². The van der Waals surface area contributed by atoms with Gasteiger partial charge in [0.15, 0.2) is 5.78 Å². The highest BCUT2D eigenvalue weighted by Crippen LogP contribution is 2.32. The van der Waals surface area contributed by atoms with Crippen LogP contribution in [0.2, 0.25) is 0 Å². The lowest BCUT2D eigenvalue weighted by Crippen LogP contribution is -2.24. The molecule has 6 nitrogen and oxygen atoms in total. The van der Waals surface area contributed by atoms with Gasteiger partial charge >= 0.3 is 0 Å². The fourth-order valence-corrected chi connectivity index (χ4v) is 4.03. The van der Waals surface area contributed by atoms with Crippen LogP contribution in [-0.4, -0.2) is 67.0 Å². The van der Waals surface area contributed by atoms with Crippen molar-refractivity contribution in [3.63, 3.8) is 0 Å². The van der Waals surface area contributed by atoms with E-state index in [-0.39, 0.29) is 11.5 Å². The van der Waals surface area contributed by atoms with E-state index in [4.69, 9.17) is 4.99 Å². The minimum absolute atomic E-state index is 0.00379. The topological polar surface area (TPSA) is 71.9 Å². The molecule has 6 heteroatoms.